The van der Waals surface area contributed by atoms with Crippen molar-refractivity contribution >= 4 is 33.1 Å². The number of anilines is 2. The smallest absolute Gasteiger partial charge is 0.272 e. The molecule has 0 aliphatic carbocycles. The summed E-state index contributed by atoms with van der Waals surface area (Å²) in [6, 6.07) is 19.0. The van der Waals surface area contributed by atoms with Crippen LogP contribution in [0.2, 0.25) is 0 Å². The summed E-state index contributed by atoms with van der Waals surface area (Å²) in [4.78, 5) is 22.3. The minimum atomic E-state index is -1.60. The zero-order chi connectivity index (χ0) is 42.6. The van der Waals surface area contributed by atoms with Gasteiger partial charge in [0.2, 0.25) is 0 Å². The van der Waals surface area contributed by atoms with E-state index < -0.39 is 46.7 Å². The van der Waals surface area contributed by atoms with Gasteiger partial charge in [0.05, 0.1) is 42.3 Å². The number of ether oxygens (including phenoxy) is 2. The second kappa shape index (κ2) is 16.0. The van der Waals surface area contributed by atoms with E-state index in [9.17, 15) is 9.18 Å². The number of rotatable bonds is 13. The van der Waals surface area contributed by atoms with Gasteiger partial charge in [0, 0.05) is 77.2 Å². The van der Waals surface area contributed by atoms with Gasteiger partial charge in [-0.3, -0.25) is 14.4 Å². The van der Waals surface area contributed by atoms with Crippen molar-refractivity contribution in [3.63, 3.8) is 0 Å². The van der Waals surface area contributed by atoms with Crippen LogP contribution in [0.4, 0.5) is 28.9 Å². The van der Waals surface area contributed by atoms with Crippen LogP contribution in [0.3, 0.4) is 0 Å². The largest absolute Gasteiger partial charge is 0.491 e. The molecule has 7 aromatic rings. The zero-order valence-electron chi connectivity index (χ0n) is 34.0. The topological polar surface area (TPSA) is 138 Å². The maximum atomic E-state index is 16.0. The highest BCUT2D eigenvalue weighted by Gasteiger charge is 2.41. The van der Waals surface area contributed by atoms with E-state index in [1.807, 2.05) is 60.4 Å². The number of H-pyrrole nitrogens is 2. The third-order valence-corrected chi connectivity index (χ3v) is 11.6. The van der Waals surface area contributed by atoms with Crippen LogP contribution in [0.1, 0.15) is 72.7 Å². The van der Waals surface area contributed by atoms with E-state index in [-0.39, 0.29) is 42.5 Å². The molecule has 0 saturated carbocycles. The van der Waals surface area contributed by atoms with Crippen molar-refractivity contribution in [1.82, 2.24) is 34.8 Å². The van der Waals surface area contributed by atoms with E-state index >= 15 is 13.2 Å². The molecule has 0 fully saturated rings. The van der Waals surface area contributed by atoms with E-state index in [0.29, 0.717) is 47.9 Å². The van der Waals surface area contributed by atoms with Crippen molar-refractivity contribution in [3.8, 4) is 5.75 Å². The molecule has 0 unspecified atom stereocenters. The molecule has 4 atom stereocenters. The number of aromatic nitrogens is 6. The number of alkyl halides is 1. The number of benzene rings is 4. The Hall–Kier alpha value is -6.26. The fourth-order valence-electron chi connectivity index (χ4n) is 8.97. The fourth-order valence-corrected chi connectivity index (χ4v) is 8.97. The highest BCUT2D eigenvalue weighted by molar-refractivity contribution is 5.97. The van der Waals surface area contributed by atoms with Gasteiger partial charge < -0.3 is 25.1 Å². The molecule has 0 saturated heterocycles. The Morgan fingerprint density at radius 2 is 1.74 bits per heavy atom. The maximum absolute atomic E-state index is 16.0. The summed E-state index contributed by atoms with van der Waals surface area (Å²) in [7, 11) is 1.78. The Morgan fingerprint density at radius 1 is 0.967 bits per heavy atom. The molecule has 0 bridgehead atoms. The molecule has 9 rings (SSSR count). The lowest BCUT2D eigenvalue weighted by Gasteiger charge is -2.43. The SMILES string of the molecule is C[C@@H]1Cc2c([nH]c3ccccc23)[C@@H](c2c(F)cc(OCCOCCNc3ccc([C@H]4Nc5cc(F)cc6c(=O)[nH]nc(c56)[C@@H]4c4ncnn4C)cc3)cc2F)N1CC(C)(C)F. The minimum absolute atomic E-state index is 0.00982. The Balaban J connectivity index is 0.820. The first-order valence-corrected chi connectivity index (χ1v) is 20.2. The van der Waals surface area contributed by atoms with Gasteiger partial charge >= 0.3 is 0 Å². The quantitative estimate of drug-likeness (QED) is 0.0677. The standard InChI is InChI=1S/C45H45F4N9O3/c1-24-17-30-29-7-5-6-8-34(29)53-40(30)42(58(24)22-45(2,3)49)37-32(47)20-28(21-33(37)48)61-16-15-60-14-13-50-27-11-9-25(10-12-27)39-38(43-51-23-52-57(43)4)41-36-31(44(59)56-55-41)18-26(46)19-35(36)54-39/h5-12,18-21,23-24,38-39,42,50,53-54H,13-17,22H2,1-4H3,(H,56,59)/t24-,38-,39-,42-/m1/s1. The monoisotopic (exact) mass is 835 g/mol. The lowest BCUT2D eigenvalue weighted by atomic mass is 9.83. The van der Waals surface area contributed by atoms with Crippen molar-refractivity contribution in [1.29, 1.82) is 0 Å². The highest BCUT2D eigenvalue weighted by Crippen LogP contribution is 2.47. The molecule has 16 heteroatoms. The summed E-state index contributed by atoms with van der Waals surface area (Å²) in [6.45, 7) is 5.93. The summed E-state index contributed by atoms with van der Waals surface area (Å²) in [5, 5.41) is 19.7. The van der Waals surface area contributed by atoms with Crippen molar-refractivity contribution in [2.75, 3.05) is 43.5 Å². The normalized spacial score (nSPS) is 19.0. The molecule has 0 amide bonds. The molecule has 2 aliphatic heterocycles. The van der Waals surface area contributed by atoms with Crippen molar-refractivity contribution < 1.29 is 27.0 Å². The Labute approximate surface area is 348 Å². The number of nitrogens with one attached hydrogen (secondary N) is 4. The molecule has 3 aromatic heterocycles. The number of para-hydroxylation sites is 1. The number of hydrogen-bond donors (Lipinski definition) is 4. The second-order valence-electron chi connectivity index (χ2n) is 16.4. The summed E-state index contributed by atoms with van der Waals surface area (Å²) in [6.07, 6.45) is 2.07. The van der Waals surface area contributed by atoms with Gasteiger partial charge in [-0.05, 0) is 68.7 Å². The number of aromatic amines is 2. The van der Waals surface area contributed by atoms with Gasteiger partial charge in [0.1, 0.15) is 47.6 Å². The Bertz CT molecular complexity index is 2780. The van der Waals surface area contributed by atoms with Gasteiger partial charge in [-0.25, -0.2) is 27.6 Å². The average molecular weight is 836 g/mol. The Morgan fingerprint density at radius 3 is 2.48 bits per heavy atom. The molecular formula is C45H45F4N9O3. The third kappa shape index (κ3) is 7.69. The first kappa shape index (κ1) is 40.2. The third-order valence-electron chi connectivity index (χ3n) is 11.6. The summed E-state index contributed by atoms with van der Waals surface area (Å²) < 4.78 is 75.0. The summed E-state index contributed by atoms with van der Waals surface area (Å²) in [5.74, 6) is -1.89. The van der Waals surface area contributed by atoms with Gasteiger partial charge in [-0.2, -0.15) is 10.2 Å². The Kier molecular flexibility index (Phi) is 10.5. The molecule has 5 heterocycles. The van der Waals surface area contributed by atoms with Crippen LogP contribution in [0.25, 0.3) is 21.7 Å². The van der Waals surface area contributed by atoms with Crippen LogP contribution in [-0.4, -0.2) is 79.5 Å². The van der Waals surface area contributed by atoms with Crippen LogP contribution < -0.4 is 20.9 Å². The number of aryl methyl sites for hydroxylation is 1. The van der Waals surface area contributed by atoms with Crippen molar-refractivity contribution in [3.05, 3.63) is 141 Å². The van der Waals surface area contributed by atoms with Gasteiger partial charge in [-0.1, -0.05) is 30.3 Å². The molecule has 0 spiro atoms. The molecular weight excluding hydrogens is 791 g/mol. The first-order chi connectivity index (χ1) is 29.3. The highest BCUT2D eigenvalue weighted by atomic mass is 19.1. The van der Waals surface area contributed by atoms with Crippen LogP contribution in [0.15, 0.2) is 83.9 Å². The number of nitrogens with zero attached hydrogens (tertiary/aromatic N) is 5. The summed E-state index contributed by atoms with van der Waals surface area (Å²) in [5.41, 5.74) is 3.01. The van der Waals surface area contributed by atoms with Crippen LogP contribution in [0, 0.1) is 17.5 Å². The molecule has 4 aromatic carbocycles. The maximum Gasteiger partial charge on any atom is 0.272 e. The van der Waals surface area contributed by atoms with Crippen LogP contribution in [0.5, 0.6) is 5.75 Å². The lowest BCUT2D eigenvalue weighted by Crippen LogP contribution is -2.48. The van der Waals surface area contributed by atoms with Crippen LogP contribution in [-0.2, 0) is 18.2 Å². The van der Waals surface area contributed by atoms with E-state index in [1.54, 1.807) is 11.7 Å². The van der Waals surface area contributed by atoms with Crippen LogP contribution >= 0.6 is 0 Å². The number of fused-ring (bicyclic) bond motifs is 3. The van der Waals surface area contributed by atoms with Gasteiger partial charge in [-0.15, -0.1) is 0 Å². The summed E-state index contributed by atoms with van der Waals surface area (Å²) >= 11 is 0. The van der Waals surface area contributed by atoms with Crippen molar-refractivity contribution in [2.24, 2.45) is 7.05 Å². The van der Waals surface area contributed by atoms with E-state index in [1.165, 1.54) is 44.4 Å². The predicted octanol–water partition coefficient (Wildman–Crippen LogP) is 7.84. The first-order valence-electron chi connectivity index (χ1n) is 20.2. The van der Waals surface area contributed by atoms with E-state index in [4.69, 9.17) is 9.47 Å². The number of hydrogen-bond acceptors (Lipinski definition) is 9. The molecule has 12 nitrogen and oxygen atoms in total. The number of halogens is 4. The predicted molar refractivity (Wildman–Crippen MR) is 224 cm³/mol. The van der Waals surface area contributed by atoms with E-state index in [0.717, 1.165) is 27.7 Å². The van der Waals surface area contributed by atoms with Gasteiger partial charge in [0.25, 0.3) is 5.56 Å². The second-order valence-corrected chi connectivity index (χ2v) is 16.4. The lowest BCUT2D eigenvalue weighted by molar-refractivity contribution is 0.0641. The zero-order valence-corrected chi connectivity index (χ0v) is 34.0. The molecule has 2 aliphatic rings. The molecule has 0 radical (unpaired) electrons. The van der Waals surface area contributed by atoms with E-state index in [2.05, 4.69) is 35.9 Å². The molecule has 316 valence electrons. The van der Waals surface area contributed by atoms with Gasteiger partial charge in [0.15, 0.2) is 0 Å². The minimum Gasteiger partial charge on any atom is -0.491 e. The molecule has 4 N–H and O–H groups in total. The average Bonchev–Trinajstić information content (AvgIpc) is 3.81. The molecule has 61 heavy (non-hydrogen) atoms. The fraction of sp³-hybridized carbons (Fsp3) is 0.333. The van der Waals surface area contributed by atoms with Crippen molar-refractivity contribution in [2.45, 2.75) is 56.9 Å².